The first-order chi connectivity index (χ1) is 12.7. The third-order valence-electron chi connectivity index (χ3n) is 3.91. The number of para-hydroxylation sites is 3. The molecular formula is C19H20N4O3. The molecule has 0 fully saturated rings. The molecule has 3 N–H and O–H groups in total. The largest absolute Gasteiger partial charge is 0.383 e. The third-order valence-corrected chi connectivity index (χ3v) is 3.91. The Bertz CT molecular complexity index is 933. The van der Waals surface area contributed by atoms with Crippen molar-refractivity contribution in [3.05, 3.63) is 60.2 Å². The number of carbonyl (C=O) groups is 1. The van der Waals surface area contributed by atoms with E-state index in [9.17, 15) is 4.79 Å². The van der Waals surface area contributed by atoms with Crippen molar-refractivity contribution in [1.82, 2.24) is 15.0 Å². The number of nitrogens with zero attached hydrogens (tertiary/aromatic N) is 2. The predicted molar refractivity (Wildman–Crippen MR) is 100 cm³/mol. The number of benzene rings is 2. The first-order valence-corrected chi connectivity index (χ1v) is 8.15. The third kappa shape index (κ3) is 3.90. The van der Waals surface area contributed by atoms with Crippen LogP contribution in [-0.4, -0.2) is 34.4 Å². The van der Waals surface area contributed by atoms with Gasteiger partial charge >= 0.3 is 0 Å². The molecular weight excluding hydrogens is 332 g/mol. The summed E-state index contributed by atoms with van der Waals surface area (Å²) in [5, 5.41) is 12.0. The van der Waals surface area contributed by atoms with E-state index in [1.807, 2.05) is 48.5 Å². The summed E-state index contributed by atoms with van der Waals surface area (Å²) >= 11 is 0. The van der Waals surface area contributed by atoms with Gasteiger partial charge in [0, 0.05) is 25.4 Å². The van der Waals surface area contributed by atoms with Gasteiger partial charge in [0.05, 0.1) is 17.6 Å². The highest BCUT2D eigenvalue weighted by Crippen LogP contribution is 2.25. The topological polar surface area (TPSA) is 88.4 Å². The average molecular weight is 352 g/mol. The van der Waals surface area contributed by atoms with Crippen LogP contribution in [0, 0.1) is 0 Å². The van der Waals surface area contributed by atoms with Gasteiger partial charge in [-0.05, 0) is 29.8 Å². The molecule has 0 aliphatic heterocycles. The predicted octanol–water partition coefficient (Wildman–Crippen LogP) is 2.94. The molecule has 0 unspecified atom stereocenters. The van der Waals surface area contributed by atoms with E-state index in [0.717, 1.165) is 22.3 Å². The number of rotatable bonds is 7. The summed E-state index contributed by atoms with van der Waals surface area (Å²) in [7, 11) is 1.67. The van der Waals surface area contributed by atoms with Crippen LogP contribution in [0.25, 0.3) is 17.1 Å². The first kappa shape index (κ1) is 17.7. The van der Waals surface area contributed by atoms with Crippen molar-refractivity contribution in [3.63, 3.8) is 0 Å². The zero-order valence-electron chi connectivity index (χ0n) is 14.3. The number of hydrogen-bond acceptors (Lipinski definition) is 5. The normalized spacial score (nSPS) is 11.2. The fraction of sp³-hybridized carbons (Fsp3) is 0.158. The molecule has 0 radical (unpaired) electrons. The van der Waals surface area contributed by atoms with Gasteiger partial charge in [0.2, 0.25) is 5.95 Å². The number of ether oxygens (including phenoxy) is 1. The molecule has 2 aromatic carbocycles. The van der Waals surface area contributed by atoms with Crippen molar-refractivity contribution in [2.45, 2.75) is 6.54 Å². The minimum absolute atomic E-state index is 0.563. The van der Waals surface area contributed by atoms with Gasteiger partial charge in [-0.3, -0.25) is 10.0 Å². The Balaban J connectivity index is 1.96. The smallest absolute Gasteiger partial charge is 0.267 e. The second-order valence-electron chi connectivity index (χ2n) is 5.59. The summed E-state index contributed by atoms with van der Waals surface area (Å²) in [6.07, 6.45) is 2.88. The number of aromatic nitrogens is 2. The van der Waals surface area contributed by atoms with E-state index in [1.165, 1.54) is 6.08 Å². The summed E-state index contributed by atoms with van der Waals surface area (Å²) in [6, 6.07) is 15.4. The van der Waals surface area contributed by atoms with Crippen LogP contribution in [0.1, 0.15) is 5.56 Å². The lowest BCUT2D eigenvalue weighted by atomic mass is 10.1. The molecule has 7 heteroatoms. The molecule has 1 amide bonds. The number of fused-ring (bicyclic) bond motifs is 1. The molecule has 0 aliphatic rings. The van der Waals surface area contributed by atoms with Gasteiger partial charge in [0.1, 0.15) is 0 Å². The van der Waals surface area contributed by atoms with Crippen LogP contribution in [0.15, 0.2) is 54.6 Å². The van der Waals surface area contributed by atoms with Gasteiger partial charge < -0.3 is 14.6 Å². The fourth-order valence-corrected chi connectivity index (χ4v) is 2.66. The Morgan fingerprint density at radius 1 is 1.23 bits per heavy atom. The average Bonchev–Trinajstić information content (AvgIpc) is 3.02. The van der Waals surface area contributed by atoms with Crippen molar-refractivity contribution in [1.29, 1.82) is 0 Å². The quantitative estimate of drug-likeness (QED) is 0.346. The minimum Gasteiger partial charge on any atom is -0.383 e. The number of carbonyl (C=O) groups excluding carboxylic acids is 1. The molecule has 0 aliphatic carbocycles. The Labute approximate surface area is 150 Å². The van der Waals surface area contributed by atoms with E-state index in [-0.39, 0.29) is 0 Å². The van der Waals surface area contributed by atoms with Crippen LogP contribution in [0.3, 0.4) is 0 Å². The van der Waals surface area contributed by atoms with Gasteiger partial charge in [0.15, 0.2) is 0 Å². The molecule has 0 bridgehead atoms. The van der Waals surface area contributed by atoms with Crippen LogP contribution >= 0.6 is 0 Å². The lowest BCUT2D eigenvalue weighted by Gasteiger charge is -2.12. The maximum absolute atomic E-state index is 11.2. The second-order valence-corrected chi connectivity index (χ2v) is 5.59. The summed E-state index contributed by atoms with van der Waals surface area (Å²) in [5.74, 6) is 0.0999. The Kier molecular flexibility index (Phi) is 5.62. The number of hydrogen-bond donors (Lipinski definition) is 3. The Hall–Kier alpha value is -3.16. The number of hydroxylamine groups is 1. The van der Waals surface area contributed by atoms with Crippen molar-refractivity contribution in [3.8, 4) is 0 Å². The maximum atomic E-state index is 11.2. The van der Waals surface area contributed by atoms with Gasteiger partial charge in [-0.2, -0.15) is 0 Å². The lowest BCUT2D eigenvalue weighted by molar-refractivity contribution is -0.124. The molecule has 3 aromatic rings. The summed E-state index contributed by atoms with van der Waals surface area (Å²) in [6.45, 7) is 1.22. The summed E-state index contributed by atoms with van der Waals surface area (Å²) in [5.41, 5.74) is 5.07. The van der Waals surface area contributed by atoms with Gasteiger partial charge in [0.25, 0.3) is 5.91 Å². The van der Waals surface area contributed by atoms with Crippen LogP contribution in [-0.2, 0) is 16.1 Å². The number of imidazole rings is 1. The number of amides is 1. The van der Waals surface area contributed by atoms with Crippen LogP contribution in [0.2, 0.25) is 0 Å². The van der Waals surface area contributed by atoms with Crippen LogP contribution in [0.5, 0.6) is 0 Å². The molecule has 3 rings (SSSR count). The standard InChI is InChI=1S/C19H20N4O3/c1-26-13-12-23-17-9-5-4-8-16(17)21-19(23)20-15-7-3-2-6-14(15)10-11-18(24)22-25/h2-11,25H,12-13H2,1H3,(H,20,21)(H,22,24). The van der Waals surface area contributed by atoms with E-state index >= 15 is 0 Å². The van der Waals surface area contributed by atoms with E-state index in [2.05, 4.69) is 14.9 Å². The molecule has 26 heavy (non-hydrogen) atoms. The van der Waals surface area contributed by atoms with Crippen LogP contribution < -0.4 is 10.8 Å². The summed E-state index contributed by atoms with van der Waals surface area (Å²) < 4.78 is 7.27. The van der Waals surface area contributed by atoms with E-state index in [4.69, 9.17) is 9.94 Å². The molecule has 0 saturated heterocycles. The molecule has 134 valence electrons. The van der Waals surface area contributed by atoms with Crippen molar-refractivity contribution in [2.75, 3.05) is 19.0 Å². The molecule has 0 atom stereocenters. The monoisotopic (exact) mass is 352 g/mol. The Morgan fingerprint density at radius 3 is 2.81 bits per heavy atom. The van der Waals surface area contributed by atoms with Crippen molar-refractivity contribution < 1.29 is 14.7 Å². The van der Waals surface area contributed by atoms with E-state index < -0.39 is 5.91 Å². The van der Waals surface area contributed by atoms with Gasteiger partial charge in [-0.1, -0.05) is 30.3 Å². The van der Waals surface area contributed by atoms with Gasteiger partial charge in [-0.25, -0.2) is 10.5 Å². The second kappa shape index (κ2) is 8.28. The number of anilines is 2. The van der Waals surface area contributed by atoms with Crippen molar-refractivity contribution in [2.24, 2.45) is 0 Å². The zero-order chi connectivity index (χ0) is 18.4. The zero-order valence-corrected chi connectivity index (χ0v) is 14.3. The molecule has 7 nitrogen and oxygen atoms in total. The Morgan fingerprint density at radius 2 is 2.00 bits per heavy atom. The highest BCUT2D eigenvalue weighted by Gasteiger charge is 2.11. The van der Waals surface area contributed by atoms with E-state index in [1.54, 1.807) is 18.7 Å². The highest BCUT2D eigenvalue weighted by atomic mass is 16.5. The minimum atomic E-state index is -0.591. The van der Waals surface area contributed by atoms with Crippen LogP contribution in [0.4, 0.5) is 11.6 Å². The maximum Gasteiger partial charge on any atom is 0.267 e. The number of nitrogens with one attached hydrogen (secondary N) is 2. The molecule has 1 heterocycles. The first-order valence-electron chi connectivity index (χ1n) is 8.15. The van der Waals surface area contributed by atoms with Crippen molar-refractivity contribution >= 4 is 34.7 Å². The van der Waals surface area contributed by atoms with E-state index in [0.29, 0.717) is 19.1 Å². The SMILES string of the molecule is COCCn1c(Nc2ccccc2C=CC(=O)NO)nc2ccccc21. The molecule has 0 saturated carbocycles. The molecule has 1 aromatic heterocycles. The fourth-order valence-electron chi connectivity index (χ4n) is 2.66. The van der Waals surface area contributed by atoms with Gasteiger partial charge in [-0.15, -0.1) is 0 Å². The summed E-state index contributed by atoms with van der Waals surface area (Å²) in [4.78, 5) is 15.9. The highest BCUT2D eigenvalue weighted by molar-refractivity contribution is 5.92. The number of methoxy groups -OCH3 is 1. The lowest BCUT2D eigenvalue weighted by Crippen LogP contribution is -2.14. The molecule has 0 spiro atoms.